The van der Waals surface area contributed by atoms with Gasteiger partial charge in [0.1, 0.15) is 6.54 Å². The van der Waals surface area contributed by atoms with Crippen molar-refractivity contribution in [2.45, 2.75) is 38.4 Å². The van der Waals surface area contributed by atoms with Gasteiger partial charge in [-0.2, -0.15) is 11.8 Å². The molecule has 5 nitrogen and oxygen atoms in total. The highest BCUT2D eigenvalue weighted by Crippen LogP contribution is 2.26. The number of aliphatic imine (C=N–C) groups is 1. The van der Waals surface area contributed by atoms with Crippen molar-refractivity contribution >= 4 is 29.3 Å². The topological polar surface area (TPSA) is 56.7 Å². The number of amides is 1. The minimum atomic E-state index is 0.0495. The molecule has 2 N–H and O–H groups in total. The molecule has 0 radical (unpaired) electrons. The first-order chi connectivity index (χ1) is 12.0. The van der Waals surface area contributed by atoms with Crippen LogP contribution in [0.1, 0.15) is 32.8 Å². The maximum absolute atomic E-state index is 12.7. The lowest BCUT2D eigenvalue weighted by atomic mass is 10.0. The van der Waals surface area contributed by atoms with Gasteiger partial charge in [-0.1, -0.05) is 18.2 Å². The third-order valence-electron chi connectivity index (χ3n) is 4.36. The number of anilines is 1. The summed E-state index contributed by atoms with van der Waals surface area (Å²) in [6.45, 7) is 8.89. The zero-order valence-electron chi connectivity index (χ0n) is 15.8. The molecule has 1 aliphatic heterocycles. The van der Waals surface area contributed by atoms with Gasteiger partial charge < -0.3 is 15.5 Å². The van der Waals surface area contributed by atoms with E-state index in [4.69, 9.17) is 0 Å². The molecule has 0 unspecified atom stereocenters. The Hall–Kier alpha value is -1.69. The lowest BCUT2D eigenvalue weighted by Gasteiger charge is -2.29. The second-order valence-corrected chi connectivity index (χ2v) is 8.30. The summed E-state index contributed by atoms with van der Waals surface area (Å²) >= 11 is 1.81. The normalized spacial score (nSPS) is 14.9. The maximum Gasteiger partial charge on any atom is 0.248 e. The highest BCUT2D eigenvalue weighted by atomic mass is 32.2. The number of carbonyl (C=O) groups excluding carboxylic acids is 1. The summed E-state index contributed by atoms with van der Waals surface area (Å²) in [5.74, 6) is 0.747. The van der Waals surface area contributed by atoms with Crippen LogP contribution in [0.2, 0.25) is 0 Å². The van der Waals surface area contributed by atoms with Crippen LogP contribution in [0.5, 0.6) is 0 Å². The number of benzene rings is 1. The molecule has 0 saturated carbocycles. The predicted octanol–water partition coefficient (Wildman–Crippen LogP) is 2.66. The van der Waals surface area contributed by atoms with Gasteiger partial charge in [0.05, 0.1) is 0 Å². The summed E-state index contributed by atoms with van der Waals surface area (Å²) in [7, 11) is 0. The summed E-state index contributed by atoms with van der Waals surface area (Å²) in [5.41, 5.74) is 2.29. The van der Waals surface area contributed by atoms with E-state index in [1.54, 1.807) is 11.8 Å². The standard InChI is InChI=1S/C19H30N4OS/c1-5-20-18(22-14-19(2,3)25-4)21-13-17(24)23-12-8-10-15-9-6-7-11-16(15)23/h6-7,9,11H,5,8,10,12-14H2,1-4H3,(H2,20,21,22). The zero-order chi connectivity index (χ0) is 18.3. The number of fused-ring (bicyclic) bond motifs is 1. The van der Waals surface area contributed by atoms with Crippen LogP contribution in [0.3, 0.4) is 0 Å². The van der Waals surface area contributed by atoms with E-state index in [-0.39, 0.29) is 17.2 Å². The van der Waals surface area contributed by atoms with E-state index in [0.717, 1.165) is 38.2 Å². The number of carbonyl (C=O) groups is 1. The van der Waals surface area contributed by atoms with Crippen molar-refractivity contribution in [3.63, 3.8) is 0 Å². The molecule has 138 valence electrons. The fourth-order valence-corrected chi connectivity index (χ4v) is 2.95. The quantitative estimate of drug-likeness (QED) is 0.603. The SMILES string of the molecule is CCNC(=NCC(=O)N1CCCc2ccccc21)NCC(C)(C)SC. The highest BCUT2D eigenvalue weighted by molar-refractivity contribution is 7.99. The molecule has 1 heterocycles. The Morgan fingerprint density at radius 1 is 1.32 bits per heavy atom. The summed E-state index contributed by atoms with van der Waals surface area (Å²) in [4.78, 5) is 19.1. The van der Waals surface area contributed by atoms with Gasteiger partial charge in [-0.15, -0.1) is 0 Å². The first-order valence-corrected chi connectivity index (χ1v) is 10.1. The van der Waals surface area contributed by atoms with Crippen molar-refractivity contribution in [1.82, 2.24) is 10.6 Å². The maximum atomic E-state index is 12.7. The number of hydrogen-bond acceptors (Lipinski definition) is 3. The third-order valence-corrected chi connectivity index (χ3v) is 5.61. The second kappa shape index (κ2) is 9.13. The molecule has 1 aromatic rings. The molecule has 1 aliphatic rings. The van der Waals surface area contributed by atoms with Gasteiger partial charge in [-0.05, 0) is 51.5 Å². The van der Waals surface area contributed by atoms with E-state index in [9.17, 15) is 4.79 Å². The molecular formula is C19H30N4OS. The molecule has 6 heteroatoms. The molecule has 0 saturated heterocycles. The lowest BCUT2D eigenvalue weighted by Crippen LogP contribution is -2.44. The summed E-state index contributed by atoms with van der Waals surface area (Å²) < 4.78 is 0.117. The average molecular weight is 363 g/mol. The molecule has 0 spiro atoms. The Morgan fingerprint density at radius 3 is 2.80 bits per heavy atom. The summed E-state index contributed by atoms with van der Waals surface area (Å²) in [5, 5.41) is 6.55. The van der Waals surface area contributed by atoms with Gasteiger partial charge in [-0.3, -0.25) is 4.79 Å². The van der Waals surface area contributed by atoms with Gasteiger partial charge in [0.25, 0.3) is 0 Å². The first-order valence-electron chi connectivity index (χ1n) is 8.92. The molecule has 0 aliphatic carbocycles. The van der Waals surface area contributed by atoms with Gasteiger partial charge >= 0.3 is 0 Å². The smallest absolute Gasteiger partial charge is 0.248 e. The lowest BCUT2D eigenvalue weighted by molar-refractivity contribution is -0.117. The first kappa shape index (κ1) is 19.6. The molecule has 0 aromatic heterocycles. The Kier molecular flexibility index (Phi) is 7.17. The number of guanidine groups is 1. The summed E-state index contributed by atoms with van der Waals surface area (Å²) in [6, 6.07) is 8.16. The van der Waals surface area contributed by atoms with Crippen molar-refractivity contribution in [3.05, 3.63) is 29.8 Å². The van der Waals surface area contributed by atoms with Crippen molar-refractivity contribution in [2.75, 3.05) is 37.3 Å². The van der Waals surface area contributed by atoms with E-state index in [0.29, 0.717) is 5.96 Å². The van der Waals surface area contributed by atoms with Crippen molar-refractivity contribution in [1.29, 1.82) is 0 Å². The fourth-order valence-electron chi connectivity index (χ4n) is 2.74. The number of para-hydroxylation sites is 1. The van der Waals surface area contributed by atoms with Crippen molar-refractivity contribution in [2.24, 2.45) is 4.99 Å². The Morgan fingerprint density at radius 2 is 2.08 bits per heavy atom. The monoisotopic (exact) mass is 362 g/mol. The average Bonchev–Trinajstić information content (AvgIpc) is 2.63. The van der Waals surface area contributed by atoms with Gasteiger partial charge in [-0.25, -0.2) is 4.99 Å². The number of aryl methyl sites for hydroxylation is 1. The number of thioether (sulfide) groups is 1. The molecule has 25 heavy (non-hydrogen) atoms. The Balaban J connectivity index is 2.01. The number of nitrogens with one attached hydrogen (secondary N) is 2. The molecule has 0 atom stereocenters. The van der Waals surface area contributed by atoms with E-state index in [1.165, 1.54) is 5.56 Å². The van der Waals surface area contributed by atoms with E-state index >= 15 is 0 Å². The van der Waals surface area contributed by atoms with Crippen LogP contribution in [-0.2, 0) is 11.2 Å². The molecule has 2 rings (SSSR count). The van der Waals surface area contributed by atoms with E-state index in [2.05, 4.69) is 41.8 Å². The van der Waals surface area contributed by atoms with E-state index in [1.807, 2.05) is 30.0 Å². The van der Waals surface area contributed by atoms with Crippen molar-refractivity contribution in [3.8, 4) is 0 Å². The number of rotatable bonds is 6. The van der Waals surface area contributed by atoms with E-state index < -0.39 is 0 Å². The zero-order valence-corrected chi connectivity index (χ0v) is 16.6. The van der Waals surface area contributed by atoms with Crippen LogP contribution in [0.4, 0.5) is 5.69 Å². The molecule has 0 fully saturated rings. The molecule has 0 bridgehead atoms. The third kappa shape index (κ3) is 5.66. The highest BCUT2D eigenvalue weighted by Gasteiger charge is 2.22. The van der Waals surface area contributed by atoms with Crippen LogP contribution in [0.15, 0.2) is 29.3 Å². The minimum Gasteiger partial charge on any atom is -0.357 e. The fraction of sp³-hybridized carbons (Fsp3) is 0.579. The minimum absolute atomic E-state index is 0.0495. The van der Waals surface area contributed by atoms with Gasteiger partial charge in [0.2, 0.25) is 5.91 Å². The molecular weight excluding hydrogens is 332 g/mol. The van der Waals surface area contributed by atoms with Crippen LogP contribution < -0.4 is 15.5 Å². The van der Waals surface area contributed by atoms with Crippen LogP contribution >= 0.6 is 11.8 Å². The summed E-state index contributed by atoms with van der Waals surface area (Å²) in [6.07, 6.45) is 4.15. The van der Waals surface area contributed by atoms with Crippen LogP contribution in [-0.4, -0.2) is 49.0 Å². The predicted molar refractivity (Wildman–Crippen MR) is 109 cm³/mol. The Bertz CT molecular complexity index is 615. The molecule has 1 aromatic carbocycles. The van der Waals surface area contributed by atoms with Crippen LogP contribution in [0.25, 0.3) is 0 Å². The Labute approximate surface area is 155 Å². The largest absolute Gasteiger partial charge is 0.357 e. The molecule has 1 amide bonds. The second-order valence-electron chi connectivity index (χ2n) is 6.79. The van der Waals surface area contributed by atoms with Crippen molar-refractivity contribution < 1.29 is 4.79 Å². The number of nitrogens with zero attached hydrogens (tertiary/aromatic N) is 2. The van der Waals surface area contributed by atoms with Crippen LogP contribution in [0, 0.1) is 0 Å². The number of hydrogen-bond donors (Lipinski definition) is 2. The van der Waals surface area contributed by atoms with Gasteiger partial charge in [0, 0.05) is 30.1 Å². The van der Waals surface area contributed by atoms with Gasteiger partial charge in [0.15, 0.2) is 5.96 Å².